The lowest BCUT2D eigenvalue weighted by molar-refractivity contribution is 0.266. The molecule has 5 rings (SSSR count). The molecule has 0 spiro atoms. The second-order valence-electron chi connectivity index (χ2n) is 8.53. The molecule has 0 unspecified atom stereocenters. The van der Waals surface area contributed by atoms with Gasteiger partial charge in [0.05, 0.1) is 11.7 Å². The lowest BCUT2D eigenvalue weighted by Gasteiger charge is -2.31. The highest BCUT2D eigenvalue weighted by molar-refractivity contribution is 5.82. The van der Waals surface area contributed by atoms with Gasteiger partial charge in [0.1, 0.15) is 11.6 Å². The van der Waals surface area contributed by atoms with Crippen LogP contribution in [0, 0.1) is 17.6 Å². The number of fused-ring (bicyclic) bond motifs is 1. The molecular weight excluding hydrogens is 394 g/mol. The molecule has 0 N–H and O–H groups in total. The van der Waals surface area contributed by atoms with E-state index in [0.717, 1.165) is 48.0 Å². The van der Waals surface area contributed by atoms with Gasteiger partial charge in [-0.05, 0) is 91.6 Å². The number of oxazole rings is 1. The Hall–Kier alpha value is -3.08. The Bertz CT molecular complexity index is 1190. The first kappa shape index (κ1) is 19.9. The van der Waals surface area contributed by atoms with Crippen molar-refractivity contribution in [3.63, 3.8) is 0 Å². The Kier molecular flexibility index (Phi) is 5.26. The van der Waals surface area contributed by atoms with Crippen molar-refractivity contribution in [2.24, 2.45) is 5.92 Å². The first-order valence-electron chi connectivity index (χ1n) is 10.8. The standard InChI is InChI=1S/C26H24F2N2O/c1-16(26-30-15-25(31-26)19-6-8-20(27)9-7-19)17-2-4-18(5-3-17)22-12-13-29-24-11-10-21(28)14-23(22)24/h6-18H,2-5H2,1H3/t16-,17-,18+/m1/s1. The summed E-state index contributed by atoms with van der Waals surface area (Å²) in [5, 5.41) is 0.927. The maximum Gasteiger partial charge on any atom is 0.198 e. The molecule has 31 heavy (non-hydrogen) atoms. The summed E-state index contributed by atoms with van der Waals surface area (Å²) in [6, 6.07) is 13.1. The molecule has 1 aliphatic carbocycles. The number of pyridine rings is 1. The van der Waals surface area contributed by atoms with Crippen LogP contribution in [0.5, 0.6) is 0 Å². The lowest BCUT2D eigenvalue weighted by atomic mass is 9.74. The van der Waals surface area contributed by atoms with Crippen LogP contribution < -0.4 is 0 Å². The van der Waals surface area contributed by atoms with Gasteiger partial charge < -0.3 is 4.42 Å². The van der Waals surface area contributed by atoms with Crippen molar-refractivity contribution in [2.75, 3.05) is 0 Å². The minimum absolute atomic E-state index is 0.210. The van der Waals surface area contributed by atoms with E-state index in [2.05, 4.69) is 16.9 Å². The summed E-state index contributed by atoms with van der Waals surface area (Å²) in [7, 11) is 0. The molecule has 0 saturated heterocycles. The van der Waals surface area contributed by atoms with Crippen LogP contribution in [0.25, 0.3) is 22.2 Å². The predicted molar refractivity (Wildman–Crippen MR) is 117 cm³/mol. The number of aromatic nitrogens is 2. The van der Waals surface area contributed by atoms with Crippen LogP contribution in [-0.2, 0) is 0 Å². The van der Waals surface area contributed by atoms with Gasteiger partial charge in [-0.2, -0.15) is 0 Å². The van der Waals surface area contributed by atoms with Crippen molar-refractivity contribution in [3.05, 3.63) is 84.0 Å². The molecule has 4 aromatic rings. The van der Waals surface area contributed by atoms with E-state index in [1.165, 1.54) is 23.8 Å². The van der Waals surface area contributed by atoms with Crippen molar-refractivity contribution in [1.82, 2.24) is 9.97 Å². The minimum atomic E-state index is -0.265. The Morgan fingerprint density at radius 1 is 0.903 bits per heavy atom. The summed E-state index contributed by atoms with van der Waals surface area (Å²) in [6.45, 7) is 2.17. The van der Waals surface area contributed by atoms with E-state index in [1.807, 2.05) is 12.3 Å². The fraction of sp³-hybridized carbons (Fsp3) is 0.308. The van der Waals surface area contributed by atoms with Crippen molar-refractivity contribution >= 4 is 10.9 Å². The molecule has 1 atom stereocenters. The third kappa shape index (κ3) is 3.97. The number of nitrogens with zero attached hydrogens (tertiary/aromatic N) is 2. The molecule has 2 aromatic carbocycles. The monoisotopic (exact) mass is 418 g/mol. The van der Waals surface area contributed by atoms with Gasteiger partial charge in [-0.1, -0.05) is 6.92 Å². The first-order chi connectivity index (χ1) is 15.1. The molecule has 2 aromatic heterocycles. The summed E-state index contributed by atoms with van der Waals surface area (Å²) in [5.74, 6) is 2.03. The summed E-state index contributed by atoms with van der Waals surface area (Å²) < 4.78 is 33.0. The molecular formula is C26H24F2N2O. The highest BCUT2D eigenvalue weighted by atomic mass is 19.1. The fourth-order valence-electron chi connectivity index (χ4n) is 4.87. The molecule has 2 heterocycles. The van der Waals surface area contributed by atoms with Gasteiger partial charge >= 0.3 is 0 Å². The summed E-state index contributed by atoms with van der Waals surface area (Å²) in [4.78, 5) is 8.89. The van der Waals surface area contributed by atoms with Crippen LogP contribution >= 0.6 is 0 Å². The van der Waals surface area contributed by atoms with Gasteiger partial charge in [0.15, 0.2) is 11.7 Å². The molecule has 1 saturated carbocycles. The van der Waals surface area contributed by atoms with E-state index >= 15 is 0 Å². The van der Waals surface area contributed by atoms with Gasteiger partial charge in [-0.3, -0.25) is 4.98 Å². The SMILES string of the molecule is C[C@@H](c1ncc(-c2ccc(F)cc2)o1)[C@H]1CC[C@@H](c2ccnc3ccc(F)cc32)CC1. The van der Waals surface area contributed by atoms with Crippen molar-refractivity contribution in [3.8, 4) is 11.3 Å². The van der Waals surface area contributed by atoms with Gasteiger partial charge in [-0.25, -0.2) is 13.8 Å². The zero-order valence-corrected chi connectivity index (χ0v) is 17.4. The van der Waals surface area contributed by atoms with Crippen LogP contribution in [0.15, 0.2) is 65.3 Å². The lowest BCUT2D eigenvalue weighted by Crippen LogP contribution is -2.18. The highest BCUT2D eigenvalue weighted by Gasteiger charge is 2.30. The molecule has 158 valence electrons. The van der Waals surface area contributed by atoms with E-state index in [9.17, 15) is 8.78 Å². The van der Waals surface area contributed by atoms with E-state index in [-0.39, 0.29) is 17.6 Å². The predicted octanol–water partition coefficient (Wildman–Crippen LogP) is 7.25. The largest absolute Gasteiger partial charge is 0.440 e. The average molecular weight is 418 g/mol. The number of hydrogen-bond acceptors (Lipinski definition) is 3. The molecule has 3 nitrogen and oxygen atoms in total. The normalized spacial score (nSPS) is 20.1. The fourth-order valence-corrected chi connectivity index (χ4v) is 4.87. The Balaban J connectivity index is 1.29. The van der Waals surface area contributed by atoms with Gasteiger partial charge in [0.25, 0.3) is 0 Å². The van der Waals surface area contributed by atoms with E-state index in [4.69, 9.17) is 4.42 Å². The molecule has 0 amide bonds. The molecule has 0 aliphatic heterocycles. The molecule has 1 aliphatic rings. The van der Waals surface area contributed by atoms with Crippen LogP contribution in [0.4, 0.5) is 8.78 Å². The summed E-state index contributed by atoms with van der Waals surface area (Å²) in [5.41, 5.74) is 2.88. The molecule has 5 heteroatoms. The highest BCUT2D eigenvalue weighted by Crippen LogP contribution is 2.43. The molecule has 0 bridgehead atoms. The topological polar surface area (TPSA) is 38.9 Å². The second kappa shape index (κ2) is 8.22. The minimum Gasteiger partial charge on any atom is -0.440 e. The third-order valence-corrected chi connectivity index (χ3v) is 6.70. The van der Waals surface area contributed by atoms with Crippen molar-refractivity contribution in [1.29, 1.82) is 0 Å². The smallest absolute Gasteiger partial charge is 0.198 e. The average Bonchev–Trinajstić information content (AvgIpc) is 3.29. The van der Waals surface area contributed by atoms with Crippen LogP contribution in [0.1, 0.15) is 55.9 Å². The zero-order valence-electron chi connectivity index (χ0n) is 17.4. The first-order valence-corrected chi connectivity index (χ1v) is 10.8. The van der Waals surface area contributed by atoms with Gasteiger partial charge in [0, 0.05) is 23.1 Å². The molecule has 1 fully saturated rings. The maximum absolute atomic E-state index is 13.8. The number of benzene rings is 2. The van der Waals surface area contributed by atoms with Crippen LogP contribution in [-0.4, -0.2) is 9.97 Å². The Labute approximate surface area is 180 Å². The van der Waals surface area contributed by atoms with E-state index in [0.29, 0.717) is 17.6 Å². The molecule has 0 radical (unpaired) electrons. The summed E-state index contributed by atoms with van der Waals surface area (Å²) >= 11 is 0. The maximum atomic E-state index is 13.8. The summed E-state index contributed by atoms with van der Waals surface area (Å²) in [6.07, 6.45) is 7.79. The van der Waals surface area contributed by atoms with E-state index in [1.54, 1.807) is 30.5 Å². The van der Waals surface area contributed by atoms with Gasteiger partial charge in [0.2, 0.25) is 0 Å². The van der Waals surface area contributed by atoms with E-state index < -0.39 is 0 Å². The van der Waals surface area contributed by atoms with Crippen molar-refractivity contribution < 1.29 is 13.2 Å². The quantitative estimate of drug-likeness (QED) is 0.350. The second-order valence-corrected chi connectivity index (χ2v) is 8.53. The Morgan fingerprint density at radius 2 is 1.65 bits per heavy atom. The third-order valence-electron chi connectivity index (χ3n) is 6.70. The zero-order chi connectivity index (χ0) is 21.4. The van der Waals surface area contributed by atoms with Gasteiger partial charge in [-0.15, -0.1) is 0 Å². The Morgan fingerprint density at radius 3 is 2.42 bits per heavy atom. The number of hydrogen-bond donors (Lipinski definition) is 0. The van der Waals surface area contributed by atoms with Crippen LogP contribution in [0.2, 0.25) is 0 Å². The number of rotatable bonds is 4. The van der Waals surface area contributed by atoms with Crippen LogP contribution in [0.3, 0.4) is 0 Å². The number of halogens is 2. The van der Waals surface area contributed by atoms with Crippen molar-refractivity contribution in [2.45, 2.75) is 44.4 Å².